The summed E-state index contributed by atoms with van der Waals surface area (Å²) in [7, 11) is 0. The maximum absolute atomic E-state index is 5.94. The van der Waals surface area contributed by atoms with E-state index in [1.165, 1.54) is 0 Å². The number of nitrogens with two attached hydrogens (primary N) is 3. The largest absolute Gasteiger partial charge is 0.399 e. The molecular weight excluding hydrogens is 162 g/mol. The van der Waals surface area contributed by atoms with E-state index in [4.69, 9.17) is 17.2 Å². The molecule has 0 radical (unpaired) electrons. The van der Waals surface area contributed by atoms with E-state index in [-0.39, 0.29) is 6.04 Å². The van der Waals surface area contributed by atoms with Crippen molar-refractivity contribution in [3.63, 3.8) is 0 Å². The van der Waals surface area contributed by atoms with Gasteiger partial charge in [-0.15, -0.1) is 0 Å². The highest BCUT2D eigenvalue weighted by Gasteiger charge is 2.08. The van der Waals surface area contributed by atoms with Crippen molar-refractivity contribution < 1.29 is 0 Å². The Bertz CT molecular complexity index is 283. The minimum atomic E-state index is 0.00787. The van der Waals surface area contributed by atoms with E-state index in [0.717, 1.165) is 29.8 Å². The molecular formula is C10H17N3. The van der Waals surface area contributed by atoms with Gasteiger partial charge in [0.2, 0.25) is 0 Å². The molecule has 0 saturated carbocycles. The van der Waals surface area contributed by atoms with E-state index in [0.29, 0.717) is 0 Å². The second-order valence-electron chi connectivity index (χ2n) is 3.28. The summed E-state index contributed by atoms with van der Waals surface area (Å²) in [6, 6.07) is 5.46. The minimum Gasteiger partial charge on any atom is -0.399 e. The van der Waals surface area contributed by atoms with Crippen molar-refractivity contribution in [2.24, 2.45) is 5.73 Å². The molecule has 0 spiro atoms. The monoisotopic (exact) mass is 179 g/mol. The van der Waals surface area contributed by atoms with Gasteiger partial charge in [0.15, 0.2) is 0 Å². The second-order valence-corrected chi connectivity index (χ2v) is 3.28. The summed E-state index contributed by atoms with van der Waals surface area (Å²) in [5.74, 6) is 0. The molecule has 0 unspecified atom stereocenters. The van der Waals surface area contributed by atoms with Crippen LogP contribution in [0.25, 0.3) is 0 Å². The Kier molecular flexibility index (Phi) is 3.14. The first-order chi connectivity index (χ1) is 6.15. The maximum Gasteiger partial charge on any atom is 0.0363 e. The van der Waals surface area contributed by atoms with Crippen LogP contribution in [0.5, 0.6) is 0 Å². The predicted octanol–water partition coefficient (Wildman–Crippen LogP) is 1.65. The Morgan fingerprint density at radius 1 is 1.31 bits per heavy atom. The zero-order valence-electron chi connectivity index (χ0n) is 7.96. The Hall–Kier alpha value is -1.22. The molecule has 0 fully saturated rings. The van der Waals surface area contributed by atoms with Crippen LogP contribution in [-0.2, 0) is 0 Å². The molecule has 72 valence electrons. The zero-order valence-corrected chi connectivity index (χ0v) is 7.96. The molecule has 1 rings (SSSR count). The highest BCUT2D eigenvalue weighted by Crippen LogP contribution is 2.24. The van der Waals surface area contributed by atoms with Crippen LogP contribution in [0, 0.1) is 0 Å². The van der Waals surface area contributed by atoms with Crippen LogP contribution in [0.3, 0.4) is 0 Å². The molecule has 0 saturated heterocycles. The van der Waals surface area contributed by atoms with Gasteiger partial charge < -0.3 is 17.2 Å². The van der Waals surface area contributed by atoms with Gasteiger partial charge in [-0.05, 0) is 30.2 Å². The van der Waals surface area contributed by atoms with Gasteiger partial charge in [-0.3, -0.25) is 0 Å². The van der Waals surface area contributed by atoms with Crippen molar-refractivity contribution in [3.05, 3.63) is 23.8 Å². The van der Waals surface area contributed by atoms with Gasteiger partial charge in [-0.25, -0.2) is 0 Å². The molecule has 3 nitrogen and oxygen atoms in total. The maximum atomic E-state index is 5.94. The van der Waals surface area contributed by atoms with Gasteiger partial charge in [0.1, 0.15) is 0 Å². The van der Waals surface area contributed by atoms with Crippen LogP contribution >= 0.6 is 0 Å². The first kappa shape index (κ1) is 9.86. The van der Waals surface area contributed by atoms with Gasteiger partial charge in [0, 0.05) is 17.4 Å². The molecule has 0 heterocycles. The van der Waals surface area contributed by atoms with Crippen LogP contribution < -0.4 is 17.2 Å². The normalized spacial score (nSPS) is 12.8. The molecule has 0 amide bonds. The summed E-state index contributed by atoms with van der Waals surface area (Å²) < 4.78 is 0. The quantitative estimate of drug-likeness (QED) is 0.617. The number of hydrogen-bond acceptors (Lipinski definition) is 3. The topological polar surface area (TPSA) is 78.1 Å². The average molecular weight is 179 g/mol. The van der Waals surface area contributed by atoms with E-state index >= 15 is 0 Å². The number of hydrogen-bond donors (Lipinski definition) is 3. The van der Waals surface area contributed by atoms with E-state index in [9.17, 15) is 0 Å². The van der Waals surface area contributed by atoms with Gasteiger partial charge in [-0.1, -0.05) is 13.3 Å². The standard InChI is InChI=1S/C10H17N3/c1-2-3-9(12)8-6-7(11)4-5-10(8)13/h4-6,9H,2-3,11-13H2,1H3/t9-/m1/s1. The lowest BCUT2D eigenvalue weighted by Gasteiger charge is -2.13. The molecule has 0 aromatic heterocycles. The Morgan fingerprint density at radius 2 is 2.00 bits per heavy atom. The molecule has 13 heavy (non-hydrogen) atoms. The summed E-state index contributed by atoms with van der Waals surface area (Å²) in [6.45, 7) is 2.10. The Labute approximate surface area is 78.9 Å². The van der Waals surface area contributed by atoms with Crippen molar-refractivity contribution in [2.75, 3.05) is 11.5 Å². The summed E-state index contributed by atoms with van der Waals surface area (Å²) in [4.78, 5) is 0. The lowest BCUT2D eigenvalue weighted by molar-refractivity contribution is 0.640. The molecule has 0 bridgehead atoms. The number of rotatable bonds is 3. The first-order valence-corrected chi connectivity index (χ1v) is 4.55. The number of anilines is 2. The molecule has 6 N–H and O–H groups in total. The fourth-order valence-electron chi connectivity index (χ4n) is 1.38. The number of benzene rings is 1. The Balaban J connectivity index is 2.91. The van der Waals surface area contributed by atoms with E-state index in [1.54, 1.807) is 12.1 Å². The van der Waals surface area contributed by atoms with Crippen LogP contribution in [0.15, 0.2) is 18.2 Å². The summed E-state index contributed by atoms with van der Waals surface area (Å²) in [6.07, 6.45) is 1.99. The Morgan fingerprint density at radius 3 is 2.62 bits per heavy atom. The van der Waals surface area contributed by atoms with E-state index in [1.807, 2.05) is 6.07 Å². The van der Waals surface area contributed by atoms with Crippen molar-refractivity contribution in [1.29, 1.82) is 0 Å². The third kappa shape index (κ3) is 2.36. The summed E-state index contributed by atoms with van der Waals surface area (Å²) in [5.41, 5.74) is 19.8. The molecule has 0 aliphatic carbocycles. The van der Waals surface area contributed by atoms with E-state index < -0.39 is 0 Å². The molecule has 0 aliphatic heterocycles. The van der Waals surface area contributed by atoms with Crippen LogP contribution in [0.1, 0.15) is 31.4 Å². The van der Waals surface area contributed by atoms with Gasteiger partial charge in [-0.2, -0.15) is 0 Å². The molecule has 0 aliphatic rings. The number of nitrogen functional groups attached to an aromatic ring is 2. The van der Waals surface area contributed by atoms with Gasteiger partial charge in [0.05, 0.1) is 0 Å². The van der Waals surface area contributed by atoms with Crippen LogP contribution in [-0.4, -0.2) is 0 Å². The molecule has 3 heteroatoms. The van der Waals surface area contributed by atoms with Crippen molar-refractivity contribution in [3.8, 4) is 0 Å². The average Bonchev–Trinajstić information content (AvgIpc) is 2.09. The van der Waals surface area contributed by atoms with Crippen LogP contribution in [0.2, 0.25) is 0 Å². The third-order valence-electron chi connectivity index (χ3n) is 2.11. The fraction of sp³-hybridized carbons (Fsp3) is 0.400. The molecule has 1 atom stereocenters. The smallest absolute Gasteiger partial charge is 0.0363 e. The third-order valence-corrected chi connectivity index (χ3v) is 2.11. The highest BCUT2D eigenvalue weighted by atomic mass is 14.7. The fourth-order valence-corrected chi connectivity index (χ4v) is 1.38. The molecule has 1 aromatic carbocycles. The van der Waals surface area contributed by atoms with E-state index in [2.05, 4.69) is 6.92 Å². The second kappa shape index (κ2) is 4.14. The van der Waals surface area contributed by atoms with Gasteiger partial charge in [0.25, 0.3) is 0 Å². The summed E-state index contributed by atoms with van der Waals surface area (Å²) in [5, 5.41) is 0. The van der Waals surface area contributed by atoms with Crippen molar-refractivity contribution in [2.45, 2.75) is 25.8 Å². The van der Waals surface area contributed by atoms with Crippen molar-refractivity contribution >= 4 is 11.4 Å². The zero-order chi connectivity index (χ0) is 9.84. The highest BCUT2D eigenvalue weighted by molar-refractivity contribution is 5.56. The minimum absolute atomic E-state index is 0.00787. The lowest BCUT2D eigenvalue weighted by atomic mass is 10.0. The SMILES string of the molecule is CCC[C@@H](N)c1cc(N)ccc1N. The lowest BCUT2D eigenvalue weighted by Crippen LogP contribution is -2.12. The van der Waals surface area contributed by atoms with Crippen LogP contribution in [0.4, 0.5) is 11.4 Å². The molecule has 1 aromatic rings. The summed E-state index contributed by atoms with van der Waals surface area (Å²) >= 11 is 0. The van der Waals surface area contributed by atoms with Gasteiger partial charge >= 0.3 is 0 Å². The first-order valence-electron chi connectivity index (χ1n) is 4.55. The predicted molar refractivity (Wildman–Crippen MR) is 57.1 cm³/mol. The van der Waals surface area contributed by atoms with Crippen molar-refractivity contribution in [1.82, 2.24) is 0 Å².